The zero-order valence-corrected chi connectivity index (χ0v) is 9.22. The zero-order valence-electron chi connectivity index (χ0n) is 9.22. The second-order valence-electron chi connectivity index (χ2n) is 4.49. The molecule has 1 heterocycles. The summed E-state index contributed by atoms with van der Waals surface area (Å²) >= 11 is 0. The molecule has 0 spiro atoms. The van der Waals surface area contributed by atoms with Crippen molar-refractivity contribution in [2.75, 3.05) is 6.54 Å². The van der Waals surface area contributed by atoms with Gasteiger partial charge in [0.25, 0.3) is 0 Å². The van der Waals surface area contributed by atoms with Crippen LogP contribution in [-0.4, -0.2) is 6.54 Å². The van der Waals surface area contributed by atoms with Gasteiger partial charge in [0.05, 0.1) is 6.54 Å². The molecule has 1 aromatic carbocycles. The van der Waals surface area contributed by atoms with Gasteiger partial charge in [0.15, 0.2) is 0 Å². The number of quaternary nitrogens is 1. The molecule has 2 N–H and O–H groups in total. The van der Waals surface area contributed by atoms with Crippen molar-refractivity contribution in [3.05, 3.63) is 34.9 Å². The topological polar surface area (TPSA) is 16.6 Å². The maximum absolute atomic E-state index is 2.51. The summed E-state index contributed by atoms with van der Waals surface area (Å²) in [5.41, 5.74) is 4.41. The Hall–Kier alpha value is -0.820. The van der Waals surface area contributed by atoms with Gasteiger partial charge >= 0.3 is 0 Å². The SMILES string of the molecule is Cc1ccc(C)c([C@@H]2CCCC[NH2+]2)c1. The monoisotopic (exact) mass is 190 g/mol. The molecule has 1 aromatic rings. The fraction of sp³-hybridized carbons (Fsp3) is 0.538. The highest BCUT2D eigenvalue weighted by Crippen LogP contribution is 2.22. The minimum atomic E-state index is 0.726. The number of nitrogens with two attached hydrogens (primary N) is 1. The van der Waals surface area contributed by atoms with Crippen LogP contribution in [-0.2, 0) is 0 Å². The highest BCUT2D eigenvalue weighted by atomic mass is 14.9. The Morgan fingerprint density at radius 1 is 1.21 bits per heavy atom. The molecule has 0 radical (unpaired) electrons. The normalized spacial score (nSPS) is 22.3. The van der Waals surface area contributed by atoms with Gasteiger partial charge in [0.2, 0.25) is 0 Å². The van der Waals surface area contributed by atoms with Crippen LogP contribution in [0.3, 0.4) is 0 Å². The third-order valence-corrected chi connectivity index (χ3v) is 3.25. The van der Waals surface area contributed by atoms with Gasteiger partial charge in [-0.15, -0.1) is 0 Å². The Labute approximate surface area is 86.5 Å². The molecule has 1 atom stereocenters. The van der Waals surface area contributed by atoms with Crippen molar-refractivity contribution in [2.45, 2.75) is 39.2 Å². The Morgan fingerprint density at radius 3 is 2.79 bits per heavy atom. The largest absolute Gasteiger partial charge is 0.340 e. The number of aryl methyl sites for hydroxylation is 2. The Bertz CT molecular complexity index is 311. The molecule has 1 fully saturated rings. The van der Waals surface area contributed by atoms with E-state index in [1.54, 1.807) is 5.56 Å². The predicted octanol–water partition coefficient (Wildman–Crippen LogP) is 2.09. The smallest absolute Gasteiger partial charge is 0.112 e. The van der Waals surface area contributed by atoms with Crippen molar-refractivity contribution < 1.29 is 5.32 Å². The van der Waals surface area contributed by atoms with Gasteiger partial charge in [-0.3, -0.25) is 0 Å². The second-order valence-corrected chi connectivity index (χ2v) is 4.49. The fourth-order valence-corrected chi connectivity index (χ4v) is 2.39. The van der Waals surface area contributed by atoms with Crippen LogP contribution >= 0.6 is 0 Å². The summed E-state index contributed by atoms with van der Waals surface area (Å²) in [6.45, 7) is 5.72. The standard InChI is InChI=1S/C13H19N/c1-10-6-7-11(2)12(9-10)13-5-3-4-8-14-13/h6-7,9,13-14H,3-5,8H2,1-2H3/p+1/t13-/m0/s1. The molecule has 0 saturated carbocycles. The van der Waals surface area contributed by atoms with E-state index in [-0.39, 0.29) is 0 Å². The lowest BCUT2D eigenvalue weighted by molar-refractivity contribution is -0.704. The first kappa shape index (κ1) is 9.72. The lowest BCUT2D eigenvalue weighted by Gasteiger charge is -2.22. The van der Waals surface area contributed by atoms with Crippen LogP contribution in [0.5, 0.6) is 0 Å². The molecule has 2 rings (SSSR count). The first-order valence-corrected chi connectivity index (χ1v) is 5.68. The van der Waals surface area contributed by atoms with Crippen molar-refractivity contribution in [3.63, 3.8) is 0 Å². The van der Waals surface area contributed by atoms with Crippen LogP contribution < -0.4 is 5.32 Å². The van der Waals surface area contributed by atoms with E-state index >= 15 is 0 Å². The summed E-state index contributed by atoms with van der Waals surface area (Å²) < 4.78 is 0. The average molecular weight is 190 g/mol. The molecular formula is C13H20N+. The quantitative estimate of drug-likeness (QED) is 0.698. The molecule has 0 aliphatic carbocycles. The first-order chi connectivity index (χ1) is 6.77. The molecule has 0 aromatic heterocycles. The van der Waals surface area contributed by atoms with E-state index in [0.29, 0.717) is 0 Å². The lowest BCUT2D eigenvalue weighted by Crippen LogP contribution is -2.86. The Kier molecular flexibility index (Phi) is 2.87. The number of hydrogen-bond donors (Lipinski definition) is 1. The maximum atomic E-state index is 2.51. The van der Waals surface area contributed by atoms with Gasteiger partial charge in [0.1, 0.15) is 6.04 Å². The van der Waals surface area contributed by atoms with Crippen LogP contribution in [0.2, 0.25) is 0 Å². The lowest BCUT2D eigenvalue weighted by atomic mass is 9.93. The summed E-state index contributed by atoms with van der Waals surface area (Å²) in [5, 5.41) is 2.51. The summed E-state index contributed by atoms with van der Waals surface area (Å²) in [6.07, 6.45) is 4.14. The van der Waals surface area contributed by atoms with Gasteiger partial charge in [-0.2, -0.15) is 0 Å². The first-order valence-electron chi connectivity index (χ1n) is 5.68. The molecule has 76 valence electrons. The van der Waals surface area contributed by atoms with Gasteiger partial charge in [-0.1, -0.05) is 17.7 Å². The highest BCUT2D eigenvalue weighted by Gasteiger charge is 2.19. The summed E-state index contributed by atoms with van der Waals surface area (Å²) in [4.78, 5) is 0. The maximum Gasteiger partial charge on any atom is 0.112 e. The molecule has 0 bridgehead atoms. The van der Waals surface area contributed by atoms with Crippen molar-refractivity contribution in [3.8, 4) is 0 Å². The van der Waals surface area contributed by atoms with Crippen LogP contribution in [0.25, 0.3) is 0 Å². The third kappa shape index (κ3) is 1.98. The molecule has 0 unspecified atom stereocenters. The van der Waals surface area contributed by atoms with Gasteiger partial charge in [-0.05, 0) is 38.3 Å². The second kappa shape index (κ2) is 4.14. The zero-order chi connectivity index (χ0) is 9.97. The highest BCUT2D eigenvalue weighted by molar-refractivity contribution is 5.32. The fourth-order valence-electron chi connectivity index (χ4n) is 2.39. The third-order valence-electron chi connectivity index (χ3n) is 3.25. The molecule has 1 aliphatic rings. The van der Waals surface area contributed by atoms with Crippen molar-refractivity contribution in [2.24, 2.45) is 0 Å². The average Bonchev–Trinajstić information content (AvgIpc) is 2.23. The molecule has 0 amide bonds. The van der Waals surface area contributed by atoms with E-state index < -0.39 is 0 Å². The molecule has 1 saturated heterocycles. The van der Waals surface area contributed by atoms with Crippen molar-refractivity contribution in [1.82, 2.24) is 0 Å². The minimum Gasteiger partial charge on any atom is -0.340 e. The van der Waals surface area contributed by atoms with E-state index in [9.17, 15) is 0 Å². The van der Waals surface area contributed by atoms with E-state index in [1.165, 1.54) is 36.9 Å². The van der Waals surface area contributed by atoms with Crippen LogP contribution in [0.15, 0.2) is 18.2 Å². The number of piperidine rings is 1. The summed E-state index contributed by atoms with van der Waals surface area (Å²) in [5.74, 6) is 0. The van der Waals surface area contributed by atoms with E-state index in [0.717, 1.165) is 6.04 Å². The van der Waals surface area contributed by atoms with Crippen LogP contribution in [0.4, 0.5) is 0 Å². The van der Waals surface area contributed by atoms with Gasteiger partial charge in [-0.25, -0.2) is 0 Å². The van der Waals surface area contributed by atoms with E-state index in [1.807, 2.05) is 0 Å². The number of benzene rings is 1. The van der Waals surface area contributed by atoms with Crippen molar-refractivity contribution >= 4 is 0 Å². The van der Waals surface area contributed by atoms with Crippen molar-refractivity contribution in [1.29, 1.82) is 0 Å². The Balaban J connectivity index is 2.24. The minimum absolute atomic E-state index is 0.726. The molecule has 1 nitrogen and oxygen atoms in total. The Morgan fingerprint density at radius 2 is 2.07 bits per heavy atom. The summed E-state index contributed by atoms with van der Waals surface area (Å²) in [7, 11) is 0. The molecule has 1 heteroatoms. The number of hydrogen-bond acceptors (Lipinski definition) is 0. The predicted molar refractivity (Wildman–Crippen MR) is 59.3 cm³/mol. The van der Waals surface area contributed by atoms with E-state index in [2.05, 4.69) is 37.4 Å². The number of rotatable bonds is 1. The molecule has 1 aliphatic heterocycles. The van der Waals surface area contributed by atoms with E-state index in [4.69, 9.17) is 0 Å². The summed E-state index contributed by atoms with van der Waals surface area (Å²) in [6, 6.07) is 7.56. The van der Waals surface area contributed by atoms with Crippen LogP contribution in [0.1, 0.15) is 42.0 Å². The molecular weight excluding hydrogens is 170 g/mol. The van der Waals surface area contributed by atoms with Gasteiger partial charge < -0.3 is 5.32 Å². The van der Waals surface area contributed by atoms with Crippen LogP contribution in [0, 0.1) is 13.8 Å². The molecule has 14 heavy (non-hydrogen) atoms. The van der Waals surface area contributed by atoms with Gasteiger partial charge in [0, 0.05) is 12.0 Å².